The van der Waals surface area contributed by atoms with Crippen molar-refractivity contribution >= 4 is 29.6 Å². The van der Waals surface area contributed by atoms with E-state index in [-0.39, 0.29) is 19.0 Å². The first-order chi connectivity index (χ1) is 13.4. The number of nitrogens with one attached hydrogen (secondary N) is 2. The molecule has 28 heavy (non-hydrogen) atoms. The standard InChI is InChI=1S/C21H23N3O4/c1-3-13-11-14(4-2)19(28-10-9-25)17(12-13)18(21(26)27)24-16-7-5-15(6-8-16)20(22)23/h3-8,11-12,18,24-25H,1-2,9-10H2,(H3,22,23)(H,26,27). The van der Waals surface area contributed by atoms with Gasteiger partial charge in [-0.15, -0.1) is 0 Å². The van der Waals surface area contributed by atoms with Gasteiger partial charge in [0.05, 0.1) is 6.61 Å². The van der Waals surface area contributed by atoms with E-state index in [1.165, 1.54) is 0 Å². The number of ether oxygens (including phenoxy) is 1. The number of aliphatic hydroxyl groups is 1. The number of hydrogen-bond acceptors (Lipinski definition) is 5. The van der Waals surface area contributed by atoms with Gasteiger partial charge in [0.25, 0.3) is 0 Å². The van der Waals surface area contributed by atoms with Crippen molar-refractivity contribution in [3.63, 3.8) is 0 Å². The highest BCUT2D eigenvalue weighted by molar-refractivity contribution is 5.95. The summed E-state index contributed by atoms with van der Waals surface area (Å²) in [4.78, 5) is 12.0. The van der Waals surface area contributed by atoms with Crippen LogP contribution in [0, 0.1) is 5.41 Å². The minimum absolute atomic E-state index is 0.0148. The molecule has 7 heteroatoms. The Morgan fingerprint density at radius 3 is 2.43 bits per heavy atom. The highest BCUT2D eigenvalue weighted by Crippen LogP contribution is 2.34. The summed E-state index contributed by atoms with van der Waals surface area (Å²) in [7, 11) is 0. The third kappa shape index (κ3) is 4.77. The molecule has 2 aromatic rings. The molecule has 0 bridgehead atoms. The van der Waals surface area contributed by atoms with Gasteiger partial charge in [-0.05, 0) is 42.0 Å². The zero-order valence-corrected chi connectivity index (χ0v) is 15.3. The lowest BCUT2D eigenvalue weighted by molar-refractivity contribution is -0.138. The lowest BCUT2D eigenvalue weighted by atomic mass is 9.97. The molecule has 0 heterocycles. The van der Waals surface area contributed by atoms with Gasteiger partial charge in [0.1, 0.15) is 18.2 Å². The maximum absolute atomic E-state index is 12.0. The third-order valence-electron chi connectivity index (χ3n) is 4.03. The second-order valence-corrected chi connectivity index (χ2v) is 5.92. The van der Waals surface area contributed by atoms with Crippen LogP contribution >= 0.6 is 0 Å². The van der Waals surface area contributed by atoms with Gasteiger partial charge in [-0.1, -0.05) is 25.3 Å². The van der Waals surface area contributed by atoms with E-state index >= 15 is 0 Å². The van der Waals surface area contributed by atoms with Crippen molar-refractivity contribution < 1.29 is 19.7 Å². The second-order valence-electron chi connectivity index (χ2n) is 5.92. The van der Waals surface area contributed by atoms with Gasteiger partial charge in [0.15, 0.2) is 6.04 Å². The number of aliphatic carboxylic acids is 1. The molecule has 2 aromatic carbocycles. The van der Waals surface area contributed by atoms with Crippen LogP contribution < -0.4 is 15.8 Å². The van der Waals surface area contributed by atoms with Gasteiger partial charge in [-0.25, -0.2) is 4.79 Å². The maximum atomic E-state index is 12.0. The Hall–Kier alpha value is -3.58. The van der Waals surface area contributed by atoms with Crippen LogP contribution in [0.1, 0.15) is 28.3 Å². The molecular formula is C21H23N3O4. The topological polar surface area (TPSA) is 129 Å². The first-order valence-corrected chi connectivity index (χ1v) is 8.51. The van der Waals surface area contributed by atoms with Crippen LogP contribution in [-0.2, 0) is 4.79 Å². The molecule has 1 unspecified atom stereocenters. The SMILES string of the molecule is C=Cc1cc(C=C)c(OCCO)c(C(Nc2ccc(C(=N)N)cc2)C(=O)O)c1. The van der Waals surface area contributed by atoms with Crippen LogP contribution in [-0.4, -0.2) is 35.2 Å². The number of benzene rings is 2. The molecule has 2 rings (SSSR count). The van der Waals surface area contributed by atoms with E-state index in [9.17, 15) is 9.90 Å². The zero-order chi connectivity index (χ0) is 20.7. The fourth-order valence-corrected chi connectivity index (χ4v) is 2.68. The molecule has 0 radical (unpaired) electrons. The van der Waals surface area contributed by atoms with E-state index in [0.717, 1.165) is 0 Å². The first-order valence-electron chi connectivity index (χ1n) is 8.51. The van der Waals surface area contributed by atoms with Crippen molar-refractivity contribution in [2.75, 3.05) is 18.5 Å². The van der Waals surface area contributed by atoms with Gasteiger partial charge in [-0.3, -0.25) is 5.41 Å². The monoisotopic (exact) mass is 381 g/mol. The Bertz CT molecular complexity index is 891. The lowest BCUT2D eigenvalue weighted by Crippen LogP contribution is -2.22. The fraction of sp³-hybridized carbons (Fsp3) is 0.143. The molecule has 146 valence electrons. The van der Waals surface area contributed by atoms with Crippen molar-refractivity contribution in [3.8, 4) is 5.75 Å². The number of carboxylic acid groups (broad SMARTS) is 1. The highest BCUT2D eigenvalue weighted by atomic mass is 16.5. The molecule has 6 N–H and O–H groups in total. The largest absolute Gasteiger partial charge is 0.490 e. The summed E-state index contributed by atoms with van der Waals surface area (Å²) < 4.78 is 5.62. The van der Waals surface area contributed by atoms with Crippen LogP contribution in [0.5, 0.6) is 5.75 Å². The molecule has 7 nitrogen and oxygen atoms in total. The predicted octanol–water partition coefficient (Wildman–Crippen LogP) is 2.87. The molecule has 0 aromatic heterocycles. The molecule has 0 aliphatic carbocycles. The van der Waals surface area contributed by atoms with Crippen molar-refractivity contribution in [3.05, 3.63) is 71.8 Å². The average Bonchev–Trinajstić information content (AvgIpc) is 2.70. The summed E-state index contributed by atoms with van der Waals surface area (Å²) >= 11 is 0. The summed E-state index contributed by atoms with van der Waals surface area (Å²) in [6, 6.07) is 8.86. The number of anilines is 1. The molecule has 0 saturated heterocycles. The van der Waals surface area contributed by atoms with Gasteiger partial charge in [0, 0.05) is 22.4 Å². The van der Waals surface area contributed by atoms with Crippen LogP contribution in [0.15, 0.2) is 49.6 Å². The van der Waals surface area contributed by atoms with Crippen LogP contribution in [0.25, 0.3) is 12.2 Å². The van der Waals surface area contributed by atoms with Gasteiger partial charge in [0.2, 0.25) is 0 Å². The van der Waals surface area contributed by atoms with E-state index in [2.05, 4.69) is 18.5 Å². The smallest absolute Gasteiger partial charge is 0.330 e. The van der Waals surface area contributed by atoms with E-state index in [1.54, 1.807) is 48.6 Å². The number of nitrogen functional groups attached to an aromatic ring is 1. The van der Waals surface area contributed by atoms with Crippen molar-refractivity contribution in [2.24, 2.45) is 5.73 Å². The van der Waals surface area contributed by atoms with E-state index < -0.39 is 12.0 Å². The lowest BCUT2D eigenvalue weighted by Gasteiger charge is -2.22. The van der Waals surface area contributed by atoms with Gasteiger partial charge in [-0.2, -0.15) is 0 Å². The number of aliphatic hydroxyl groups excluding tert-OH is 1. The average molecular weight is 381 g/mol. The summed E-state index contributed by atoms with van der Waals surface area (Å²) in [5, 5.41) is 29.3. The molecular weight excluding hydrogens is 358 g/mol. The van der Waals surface area contributed by atoms with E-state index in [1.807, 2.05) is 0 Å². The summed E-state index contributed by atoms with van der Waals surface area (Å²) in [5.74, 6) is -0.856. The predicted molar refractivity (Wildman–Crippen MR) is 111 cm³/mol. The summed E-state index contributed by atoms with van der Waals surface area (Å²) in [6.45, 7) is 7.30. The summed E-state index contributed by atoms with van der Waals surface area (Å²) in [5.41, 5.74) is 8.20. The van der Waals surface area contributed by atoms with Crippen molar-refractivity contribution in [1.29, 1.82) is 5.41 Å². The van der Waals surface area contributed by atoms with Gasteiger partial charge >= 0.3 is 5.97 Å². The molecule has 0 aliphatic rings. The zero-order valence-electron chi connectivity index (χ0n) is 15.3. The summed E-state index contributed by atoms with van der Waals surface area (Å²) in [6.07, 6.45) is 3.16. The second kappa shape index (κ2) is 9.38. The third-order valence-corrected chi connectivity index (χ3v) is 4.03. The maximum Gasteiger partial charge on any atom is 0.330 e. The number of rotatable bonds is 10. The van der Waals surface area contributed by atoms with Crippen LogP contribution in [0.3, 0.4) is 0 Å². The Kier molecular flexibility index (Phi) is 6.95. The van der Waals surface area contributed by atoms with Crippen molar-refractivity contribution in [2.45, 2.75) is 6.04 Å². The Morgan fingerprint density at radius 2 is 1.93 bits per heavy atom. The van der Waals surface area contributed by atoms with Crippen LogP contribution in [0.2, 0.25) is 0 Å². The highest BCUT2D eigenvalue weighted by Gasteiger charge is 2.25. The number of carboxylic acids is 1. The Morgan fingerprint density at radius 1 is 1.25 bits per heavy atom. The van der Waals surface area contributed by atoms with Crippen molar-refractivity contribution in [1.82, 2.24) is 0 Å². The first kappa shape index (κ1) is 20.7. The molecule has 0 fully saturated rings. The molecule has 0 amide bonds. The normalized spacial score (nSPS) is 11.3. The number of carbonyl (C=O) groups is 1. The number of nitrogens with two attached hydrogens (primary N) is 1. The minimum atomic E-state index is -1.13. The quantitative estimate of drug-likeness (QED) is 0.318. The van der Waals surface area contributed by atoms with Crippen LogP contribution in [0.4, 0.5) is 5.69 Å². The molecule has 1 atom stereocenters. The van der Waals surface area contributed by atoms with E-state index in [4.69, 9.17) is 21.0 Å². The number of amidine groups is 1. The minimum Gasteiger partial charge on any atom is -0.490 e. The van der Waals surface area contributed by atoms with Gasteiger partial charge < -0.3 is 26.0 Å². The Labute approximate surface area is 163 Å². The van der Waals surface area contributed by atoms with E-state index in [0.29, 0.717) is 33.7 Å². The fourth-order valence-electron chi connectivity index (χ4n) is 2.68. The number of hydrogen-bond donors (Lipinski definition) is 5. The molecule has 0 spiro atoms. The molecule has 0 saturated carbocycles. The molecule has 0 aliphatic heterocycles. The Balaban J connectivity index is 2.51.